The highest BCUT2D eigenvalue weighted by atomic mass is 35.5. The van der Waals surface area contributed by atoms with Crippen molar-refractivity contribution in [3.63, 3.8) is 0 Å². The van der Waals surface area contributed by atoms with E-state index in [1.165, 1.54) is 7.05 Å². The SMILES string of the molecule is CC1CC1CN(CC(=O)N1CCC(F)(F)C1)c1cc(-c2nnc([C@](C)(N)Cc3ccccc3)o2)c(Cl)c(N(C)S(C)(=O)=O)n1. The summed E-state index contributed by atoms with van der Waals surface area (Å²) in [6, 6.07) is 11.1. The van der Waals surface area contributed by atoms with Crippen LogP contribution in [0.3, 0.4) is 0 Å². The third-order valence-electron chi connectivity index (χ3n) is 8.18. The lowest BCUT2D eigenvalue weighted by Crippen LogP contribution is -2.41. The number of carbonyl (C=O) groups excluding carboxylic acids is 1. The minimum atomic E-state index is -3.82. The van der Waals surface area contributed by atoms with Crippen molar-refractivity contribution in [3.8, 4) is 11.5 Å². The Balaban J connectivity index is 1.54. The average Bonchev–Trinajstić information content (AvgIpc) is 3.28. The third kappa shape index (κ3) is 7.13. The maximum absolute atomic E-state index is 13.9. The summed E-state index contributed by atoms with van der Waals surface area (Å²) in [5.74, 6) is -2.56. The van der Waals surface area contributed by atoms with Gasteiger partial charge in [-0.05, 0) is 43.2 Å². The summed E-state index contributed by atoms with van der Waals surface area (Å²) in [6.45, 7) is 3.31. The number of sulfonamides is 1. The highest BCUT2D eigenvalue weighted by Gasteiger charge is 2.41. The molecule has 44 heavy (non-hydrogen) atoms. The lowest BCUT2D eigenvalue weighted by atomic mass is 9.94. The van der Waals surface area contributed by atoms with Crippen LogP contribution in [-0.4, -0.2) is 79.8 Å². The topological polar surface area (TPSA) is 139 Å². The maximum Gasteiger partial charge on any atom is 0.267 e. The van der Waals surface area contributed by atoms with Crippen LogP contribution in [0.4, 0.5) is 20.4 Å². The Kier molecular flexibility index (Phi) is 8.64. The minimum absolute atomic E-state index is 0.0215. The van der Waals surface area contributed by atoms with Crippen LogP contribution < -0.4 is 14.9 Å². The number of alkyl halides is 2. The van der Waals surface area contributed by atoms with Crippen LogP contribution in [0.25, 0.3) is 11.5 Å². The van der Waals surface area contributed by atoms with Crippen molar-refractivity contribution in [2.24, 2.45) is 17.6 Å². The highest BCUT2D eigenvalue weighted by Crippen LogP contribution is 2.42. The molecular formula is C29H36ClF2N7O4S. The first-order valence-electron chi connectivity index (χ1n) is 14.3. The molecule has 3 atom stereocenters. The standard InChI is InChI=1S/C29H36ClF2N7O4S/c1-18-12-20(18)15-39(16-23(40)38-11-10-29(31,32)17-38)22-13-21(24(30)25(34-22)37(3)44(4,41)42)26-35-36-27(43-26)28(2,33)14-19-8-6-5-7-9-19/h5-9,13,18,20H,10-12,14-17,33H2,1-4H3/t18?,20?,28-/m1/s1. The number of carbonyl (C=O) groups is 1. The molecule has 1 saturated carbocycles. The van der Waals surface area contributed by atoms with Gasteiger partial charge >= 0.3 is 0 Å². The molecule has 0 radical (unpaired) electrons. The second-order valence-electron chi connectivity index (χ2n) is 12.2. The Morgan fingerprint density at radius 1 is 1.27 bits per heavy atom. The average molecular weight is 652 g/mol. The molecule has 0 bridgehead atoms. The predicted molar refractivity (Wildman–Crippen MR) is 163 cm³/mol. The first-order valence-corrected chi connectivity index (χ1v) is 16.5. The van der Waals surface area contributed by atoms with Crippen LogP contribution in [0.2, 0.25) is 5.02 Å². The summed E-state index contributed by atoms with van der Waals surface area (Å²) < 4.78 is 59.9. The van der Waals surface area contributed by atoms with E-state index in [9.17, 15) is 22.0 Å². The molecule has 1 aliphatic carbocycles. The van der Waals surface area contributed by atoms with Gasteiger partial charge in [0.05, 0.1) is 35.5 Å². The molecule has 15 heteroatoms. The lowest BCUT2D eigenvalue weighted by molar-refractivity contribution is -0.130. The van der Waals surface area contributed by atoms with Crippen LogP contribution in [-0.2, 0) is 26.8 Å². The van der Waals surface area contributed by atoms with Crippen molar-refractivity contribution in [2.45, 2.75) is 44.6 Å². The number of likely N-dealkylation sites (tertiary alicyclic amines) is 1. The number of nitrogens with two attached hydrogens (primary N) is 1. The number of aromatic nitrogens is 3. The van der Waals surface area contributed by atoms with Gasteiger partial charge in [-0.15, -0.1) is 10.2 Å². The fourth-order valence-electron chi connectivity index (χ4n) is 5.23. The number of pyridine rings is 1. The monoisotopic (exact) mass is 651 g/mol. The molecule has 0 spiro atoms. The van der Waals surface area contributed by atoms with Gasteiger partial charge in [0.15, 0.2) is 5.82 Å². The zero-order valence-electron chi connectivity index (χ0n) is 25.0. The van der Waals surface area contributed by atoms with Crippen molar-refractivity contribution in [1.82, 2.24) is 20.1 Å². The van der Waals surface area contributed by atoms with Gasteiger partial charge in [0.25, 0.3) is 5.92 Å². The Morgan fingerprint density at radius 3 is 2.55 bits per heavy atom. The Morgan fingerprint density at radius 2 is 1.95 bits per heavy atom. The normalized spacial score (nSPS) is 20.8. The van der Waals surface area contributed by atoms with E-state index in [-0.39, 0.29) is 53.0 Å². The van der Waals surface area contributed by atoms with Crippen LogP contribution in [0.1, 0.15) is 38.1 Å². The summed E-state index contributed by atoms with van der Waals surface area (Å²) in [5.41, 5.74) is 6.69. The molecule has 2 fully saturated rings. The summed E-state index contributed by atoms with van der Waals surface area (Å²) in [4.78, 5) is 20.6. The summed E-state index contributed by atoms with van der Waals surface area (Å²) in [5, 5.41) is 8.31. The van der Waals surface area contributed by atoms with E-state index in [4.69, 9.17) is 21.8 Å². The second-order valence-corrected chi connectivity index (χ2v) is 14.6. The van der Waals surface area contributed by atoms with Crippen LogP contribution in [0.15, 0.2) is 40.8 Å². The van der Waals surface area contributed by atoms with Gasteiger partial charge in [-0.2, -0.15) is 0 Å². The lowest BCUT2D eigenvalue weighted by Gasteiger charge is -2.28. The molecule has 238 valence electrons. The molecule has 2 unspecified atom stereocenters. The van der Waals surface area contributed by atoms with Crippen molar-refractivity contribution >= 4 is 39.2 Å². The number of anilines is 2. The maximum atomic E-state index is 13.9. The first-order chi connectivity index (χ1) is 20.5. The van der Waals surface area contributed by atoms with E-state index in [0.717, 1.165) is 27.4 Å². The van der Waals surface area contributed by atoms with Crippen LogP contribution >= 0.6 is 11.6 Å². The van der Waals surface area contributed by atoms with Crippen LogP contribution in [0, 0.1) is 11.8 Å². The molecule has 1 saturated heterocycles. The molecule has 1 amide bonds. The fourth-order valence-corrected chi connectivity index (χ4v) is 6.03. The Labute approximate surface area is 260 Å². The van der Waals surface area contributed by atoms with E-state index in [2.05, 4.69) is 22.1 Å². The van der Waals surface area contributed by atoms with Gasteiger partial charge in [-0.1, -0.05) is 48.9 Å². The van der Waals surface area contributed by atoms with Gasteiger partial charge in [-0.25, -0.2) is 22.2 Å². The Hall–Kier alpha value is -3.36. The largest absolute Gasteiger partial charge is 0.419 e. The number of amides is 1. The van der Waals surface area contributed by atoms with Gasteiger partial charge in [-0.3, -0.25) is 9.10 Å². The second kappa shape index (κ2) is 11.9. The molecule has 1 aromatic carbocycles. The molecule has 2 N–H and O–H groups in total. The zero-order chi connectivity index (χ0) is 32.0. The minimum Gasteiger partial charge on any atom is -0.419 e. The van der Waals surface area contributed by atoms with E-state index < -0.39 is 40.4 Å². The van der Waals surface area contributed by atoms with Gasteiger partial charge in [0.2, 0.25) is 27.7 Å². The predicted octanol–water partition coefficient (Wildman–Crippen LogP) is 3.93. The number of hydrogen-bond acceptors (Lipinski definition) is 9. The van der Waals surface area contributed by atoms with Gasteiger partial charge < -0.3 is 20.0 Å². The Bertz CT molecular complexity index is 1640. The number of rotatable bonds is 11. The molecule has 3 heterocycles. The van der Waals surface area contributed by atoms with Crippen molar-refractivity contribution in [2.75, 3.05) is 48.7 Å². The quantitative estimate of drug-likeness (QED) is 0.327. The molecule has 3 aromatic rings. The third-order valence-corrected chi connectivity index (χ3v) is 9.72. The zero-order valence-corrected chi connectivity index (χ0v) is 26.6. The number of nitrogens with zero attached hydrogens (tertiary/aromatic N) is 6. The van der Waals surface area contributed by atoms with Crippen molar-refractivity contribution in [3.05, 3.63) is 52.9 Å². The summed E-state index contributed by atoms with van der Waals surface area (Å²) >= 11 is 6.75. The van der Waals surface area contributed by atoms with E-state index in [1.54, 1.807) is 17.9 Å². The van der Waals surface area contributed by atoms with Crippen LogP contribution in [0.5, 0.6) is 0 Å². The molecule has 11 nitrogen and oxygen atoms in total. The number of hydrogen-bond donors (Lipinski definition) is 1. The van der Waals surface area contributed by atoms with E-state index >= 15 is 0 Å². The van der Waals surface area contributed by atoms with Gasteiger partial charge in [0.1, 0.15) is 5.82 Å². The summed E-state index contributed by atoms with van der Waals surface area (Å²) in [6.07, 6.45) is 1.94. The molecule has 5 rings (SSSR count). The van der Waals surface area contributed by atoms with Crippen molar-refractivity contribution < 1.29 is 26.4 Å². The molecular weight excluding hydrogens is 616 g/mol. The van der Waals surface area contributed by atoms with E-state index in [1.807, 2.05) is 30.3 Å². The molecule has 1 aliphatic heterocycles. The fraction of sp³-hybridized carbons (Fsp3) is 0.517. The highest BCUT2D eigenvalue weighted by molar-refractivity contribution is 7.92. The smallest absolute Gasteiger partial charge is 0.267 e. The number of halogens is 3. The summed E-state index contributed by atoms with van der Waals surface area (Å²) in [7, 11) is -2.51. The first kappa shape index (κ1) is 32.0. The molecule has 2 aliphatic rings. The van der Waals surface area contributed by atoms with Crippen molar-refractivity contribution in [1.29, 1.82) is 0 Å². The molecule has 2 aromatic heterocycles. The van der Waals surface area contributed by atoms with E-state index in [0.29, 0.717) is 18.9 Å². The number of benzene rings is 1. The van der Waals surface area contributed by atoms with Gasteiger partial charge in [0, 0.05) is 26.6 Å².